The molecule has 0 aromatic carbocycles. The van der Waals surface area contributed by atoms with E-state index in [1.165, 1.54) is 12.3 Å². The van der Waals surface area contributed by atoms with Crippen LogP contribution in [0.4, 0.5) is 13.2 Å². The quantitative estimate of drug-likeness (QED) is 0.322. The van der Waals surface area contributed by atoms with Crippen molar-refractivity contribution in [1.82, 2.24) is 20.5 Å². The van der Waals surface area contributed by atoms with Crippen molar-refractivity contribution >= 4 is 29.9 Å². The van der Waals surface area contributed by atoms with E-state index in [1.54, 1.807) is 6.07 Å². The summed E-state index contributed by atoms with van der Waals surface area (Å²) >= 11 is 0. The van der Waals surface area contributed by atoms with Gasteiger partial charge in [-0.05, 0) is 38.3 Å². The van der Waals surface area contributed by atoms with Crippen LogP contribution in [0, 0.1) is 5.92 Å². The van der Waals surface area contributed by atoms with Crippen LogP contribution in [0.15, 0.2) is 23.3 Å². The molecule has 2 atom stereocenters. The van der Waals surface area contributed by atoms with Crippen molar-refractivity contribution < 1.29 is 17.9 Å². The van der Waals surface area contributed by atoms with Crippen molar-refractivity contribution in [2.75, 3.05) is 26.2 Å². The second kappa shape index (κ2) is 11.8. The van der Waals surface area contributed by atoms with Crippen LogP contribution >= 0.6 is 24.0 Å². The topological polar surface area (TPSA) is 61.8 Å². The van der Waals surface area contributed by atoms with E-state index >= 15 is 0 Å². The first kappa shape index (κ1) is 25.7. The lowest BCUT2D eigenvalue weighted by molar-refractivity contribution is -0.154. The van der Waals surface area contributed by atoms with E-state index in [0.717, 1.165) is 25.2 Å². The molecule has 1 fully saturated rings. The zero-order valence-corrected chi connectivity index (χ0v) is 19.6. The highest BCUT2D eigenvalue weighted by atomic mass is 127. The molecule has 2 rings (SSSR count). The molecule has 1 aliphatic rings. The fourth-order valence-electron chi connectivity index (χ4n) is 3.06. The van der Waals surface area contributed by atoms with Gasteiger partial charge in [-0.25, -0.2) is 9.98 Å². The van der Waals surface area contributed by atoms with E-state index in [1.807, 2.05) is 6.92 Å². The lowest BCUT2D eigenvalue weighted by Gasteiger charge is -2.22. The third kappa shape index (κ3) is 8.93. The summed E-state index contributed by atoms with van der Waals surface area (Å²) in [5.74, 6) is 1.13. The largest absolute Gasteiger partial charge is 0.468 e. The highest BCUT2D eigenvalue weighted by Gasteiger charge is 2.31. The maximum Gasteiger partial charge on any atom is 0.422 e. The van der Waals surface area contributed by atoms with Gasteiger partial charge in [0.25, 0.3) is 0 Å². The monoisotopic (exact) mass is 529 g/mol. The van der Waals surface area contributed by atoms with Crippen molar-refractivity contribution in [2.24, 2.45) is 10.9 Å². The predicted octanol–water partition coefficient (Wildman–Crippen LogP) is 3.42. The number of nitrogens with zero attached hydrogens (tertiary/aromatic N) is 3. The number of hydrogen-bond donors (Lipinski definition) is 2. The Morgan fingerprint density at radius 1 is 1.38 bits per heavy atom. The predicted molar refractivity (Wildman–Crippen MR) is 119 cm³/mol. The van der Waals surface area contributed by atoms with Crippen molar-refractivity contribution in [3.8, 4) is 5.88 Å². The van der Waals surface area contributed by atoms with Gasteiger partial charge in [0.1, 0.15) is 0 Å². The standard InChI is InChI=1S/C19H30F3N5O.HI/c1-5-23-18(26-16-11-27(13(2)3)10-14(16)4)25-9-15-6-7-24-17(8-15)28-12-19(20,21)22;/h6-8,13-14,16H,5,9-12H2,1-4H3,(H2,23,25,26);1H. The summed E-state index contributed by atoms with van der Waals surface area (Å²) in [7, 11) is 0. The van der Waals surface area contributed by atoms with E-state index < -0.39 is 12.8 Å². The highest BCUT2D eigenvalue weighted by molar-refractivity contribution is 14.0. The molecule has 29 heavy (non-hydrogen) atoms. The van der Waals surface area contributed by atoms with Crippen LogP contribution in [0.1, 0.15) is 33.3 Å². The normalized spacial score (nSPS) is 20.5. The van der Waals surface area contributed by atoms with Crippen LogP contribution in [0.5, 0.6) is 5.88 Å². The molecule has 0 bridgehead atoms. The van der Waals surface area contributed by atoms with Gasteiger partial charge in [-0.15, -0.1) is 24.0 Å². The highest BCUT2D eigenvalue weighted by Crippen LogP contribution is 2.19. The molecular formula is C19H31F3IN5O. The van der Waals surface area contributed by atoms with Gasteiger partial charge in [0.15, 0.2) is 12.6 Å². The first-order valence-electron chi connectivity index (χ1n) is 9.61. The molecule has 1 saturated heterocycles. The second-order valence-electron chi connectivity index (χ2n) is 7.38. The summed E-state index contributed by atoms with van der Waals surface area (Å²) in [5.41, 5.74) is 0.729. The molecule has 2 N–H and O–H groups in total. The van der Waals surface area contributed by atoms with Gasteiger partial charge in [-0.1, -0.05) is 6.92 Å². The Morgan fingerprint density at radius 2 is 2.10 bits per heavy atom. The number of rotatable bonds is 7. The van der Waals surface area contributed by atoms with Crippen LogP contribution in [0.3, 0.4) is 0 Å². The molecule has 1 aromatic rings. The minimum absolute atomic E-state index is 0. The van der Waals surface area contributed by atoms with Crippen LogP contribution < -0.4 is 15.4 Å². The molecule has 2 heterocycles. The van der Waals surface area contributed by atoms with Crippen LogP contribution in [0.25, 0.3) is 0 Å². The van der Waals surface area contributed by atoms with Gasteiger partial charge in [0, 0.05) is 44.0 Å². The fourth-order valence-corrected chi connectivity index (χ4v) is 3.06. The van der Waals surface area contributed by atoms with Crippen LogP contribution in [-0.4, -0.2) is 60.3 Å². The molecule has 0 amide bonds. The number of guanidine groups is 1. The molecule has 1 aromatic heterocycles. The minimum atomic E-state index is -4.39. The first-order chi connectivity index (χ1) is 13.2. The summed E-state index contributed by atoms with van der Waals surface area (Å²) in [5, 5.41) is 6.71. The summed E-state index contributed by atoms with van der Waals surface area (Å²) in [6, 6.07) is 3.99. The van der Waals surface area contributed by atoms with Gasteiger partial charge in [-0.2, -0.15) is 13.2 Å². The average molecular weight is 529 g/mol. The third-order valence-corrected chi connectivity index (χ3v) is 4.64. The van der Waals surface area contributed by atoms with Crippen molar-refractivity contribution in [3.05, 3.63) is 23.9 Å². The van der Waals surface area contributed by atoms with Gasteiger partial charge < -0.3 is 15.4 Å². The van der Waals surface area contributed by atoms with Gasteiger partial charge in [-0.3, -0.25) is 4.90 Å². The molecule has 0 saturated carbocycles. The summed E-state index contributed by atoms with van der Waals surface area (Å²) in [6.07, 6.45) is -2.96. The molecule has 0 radical (unpaired) electrons. The Hall–Kier alpha value is -1.30. The lowest BCUT2D eigenvalue weighted by atomic mass is 10.1. The molecule has 10 heteroatoms. The summed E-state index contributed by atoms with van der Waals surface area (Å²) in [4.78, 5) is 10.8. The number of hydrogen-bond acceptors (Lipinski definition) is 4. The van der Waals surface area contributed by atoms with E-state index in [2.05, 4.69) is 46.3 Å². The lowest BCUT2D eigenvalue weighted by Crippen LogP contribution is -2.46. The third-order valence-electron chi connectivity index (χ3n) is 4.64. The zero-order chi connectivity index (χ0) is 20.7. The minimum Gasteiger partial charge on any atom is -0.468 e. The van der Waals surface area contributed by atoms with E-state index in [4.69, 9.17) is 4.74 Å². The van der Waals surface area contributed by atoms with E-state index in [0.29, 0.717) is 30.5 Å². The van der Waals surface area contributed by atoms with E-state index in [-0.39, 0.29) is 29.9 Å². The summed E-state index contributed by atoms with van der Waals surface area (Å²) < 4.78 is 41.6. The first-order valence-corrected chi connectivity index (χ1v) is 9.61. The van der Waals surface area contributed by atoms with Gasteiger partial charge >= 0.3 is 6.18 Å². The number of pyridine rings is 1. The van der Waals surface area contributed by atoms with Crippen molar-refractivity contribution in [3.63, 3.8) is 0 Å². The molecule has 166 valence electrons. The van der Waals surface area contributed by atoms with Crippen molar-refractivity contribution in [1.29, 1.82) is 0 Å². The molecule has 2 unspecified atom stereocenters. The molecule has 0 aliphatic carbocycles. The van der Waals surface area contributed by atoms with Gasteiger partial charge in [0.2, 0.25) is 5.88 Å². The number of halogens is 4. The fraction of sp³-hybridized carbons (Fsp3) is 0.684. The van der Waals surface area contributed by atoms with Crippen LogP contribution in [0.2, 0.25) is 0 Å². The maximum atomic E-state index is 12.3. The number of aliphatic imine (C=N–C) groups is 1. The maximum absolute atomic E-state index is 12.3. The van der Waals surface area contributed by atoms with Crippen LogP contribution in [-0.2, 0) is 6.54 Å². The Kier molecular flexibility index (Phi) is 10.4. The summed E-state index contributed by atoms with van der Waals surface area (Å²) in [6.45, 7) is 10.3. The second-order valence-corrected chi connectivity index (χ2v) is 7.38. The molecule has 6 nitrogen and oxygen atoms in total. The zero-order valence-electron chi connectivity index (χ0n) is 17.3. The Labute approximate surface area is 187 Å². The average Bonchev–Trinajstić information content (AvgIpc) is 2.99. The molecule has 1 aliphatic heterocycles. The smallest absolute Gasteiger partial charge is 0.422 e. The number of likely N-dealkylation sites (tertiary alicyclic amines) is 1. The van der Waals surface area contributed by atoms with Crippen molar-refractivity contribution in [2.45, 2.75) is 52.5 Å². The Morgan fingerprint density at radius 3 is 2.69 bits per heavy atom. The van der Waals surface area contributed by atoms with Gasteiger partial charge in [0.05, 0.1) is 6.54 Å². The van der Waals surface area contributed by atoms with E-state index in [9.17, 15) is 13.2 Å². The molecule has 0 spiro atoms. The number of nitrogens with one attached hydrogen (secondary N) is 2. The number of alkyl halides is 3. The Balaban J connectivity index is 0.00000420. The number of aromatic nitrogens is 1. The molecular weight excluding hydrogens is 498 g/mol. The Bertz CT molecular complexity index is 657. The SMILES string of the molecule is CCNC(=NCc1ccnc(OCC(F)(F)F)c1)NC1CN(C(C)C)CC1C.I. The number of ether oxygens (including phenoxy) is 1.